The first-order valence-electron chi connectivity index (χ1n) is 9.54. The van der Waals surface area contributed by atoms with Gasteiger partial charge in [-0.15, -0.1) is 0 Å². The van der Waals surface area contributed by atoms with Crippen molar-refractivity contribution in [2.24, 2.45) is 7.05 Å². The number of amides is 1. The lowest BCUT2D eigenvalue weighted by Crippen LogP contribution is -3.15. The molecule has 0 bridgehead atoms. The van der Waals surface area contributed by atoms with Crippen LogP contribution in [0.4, 0.5) is 11.8 Å². The Morgan fingerprint density at radius 3 is 2.55 bits per heavy atom. The third kappa shape index (κ3) is 4.72. The van der Waals surface area contributed by atoms with Crippen molar-refractivity contribution in [3.63, 3.8) is 0 Å². The number of nitrogens with zero attached hydrogens (tertiary/aromatic N) is 5. The molecule has 0 atom stereocenters. The third-order valence-electron chi connectivity index (χ3n) is 5.00. The fraction of sp³-hybridized carbons (Fsp3) is 0.300. The Bertz CT molecular complexity index is 966. The van der Waals surface area contributed by atoms with Crippen molar-refractivity contribution in [2.45, 2.75) is 0 Å². The van der Waals surface area contributed by atoms with Gasteiger partial charge in [-0.1, -0.05) is 23.7 Å². The molecule has 1 amide bonds. The molecule has 1 aliphatic rings. The highest BCUT2D eigenvalue weighted by Gasteiger charge is 2.24. The molecule has 9 heteroatoms. The van der Waals surface area contributed by atoms with E-state index in [-0.39, 0.29) is 5.91 Å². The zero-order valence-corrected chi connectivity index (χ0v) is 16.9. The zero-order chi connectivity index (χ0) is 20.2. The molecular weight excluding hydrogens is 390 g/mol. The number of hydrogen-bond acceptors (Lipinski definition) is 5. The number of hydrogen-bond donors (Lipinski definition) is 2. The quantitative estimate of drug-likeness (QED) is 0.650. The molecule has 2 N–H and O–H groups in total. The van der Waals surface area contributed by atoms with Crippen LogP contribution in [0.3, 0.4) is 0 Å². The summed E-state index contributed by atoms with van der Waals surface area (Å²) in [6.07, 6.45) is 3.50. The van der Waals surface area contributed by atoms with Gasteiger partial charge in [0.1, 0.15) is 5.82 Å². The predicted octanol–water partition coefficient (Wildman–Crippen LogP) is 0.874. The molecule has 150 valence electrons. The van der Waals surface area contributed by atoms with E-state index < -0.39 is 0 Å². The monoisotopic (exact) mass is 412 g/mol. The predicted molar refractivity (Wildman–Crippen MR) is 112 cm³/mol. The Hall–Kier alpha value is -2.97. The maximum absolute atomic E-state index is 12.5. The number of carbonyl (C=O) groups is 1. The van der Waals surface area contributed by atoms with Crippen LogP contribution in [0.1, 0.15) is 0 Å². The molecule has 2 aromatic heterocycles. The lowest BCUT2D eigenvalue weighted by atomic mass is 10.1. The molecule has 1 fully saturated rings. The minimum Gasteiger partial charge on any atom is -0.330 e. The van der Waals surface area contributed by atoms with Crippen molar-refractivity contribution in [1.82, 2.24) is 19.7 Å². The van der Waals surface area contributed by atoms with Crippen LogP contribution in [0.2, 0.25) is 5.02 Å². The molecule has 1 aliphatic heterocycles. The van der Waals surface area contributed by atoms with E-state index in [0.29, 0.717) is 17.4 Å². The number of nitrogens with one attached hydrogen (secondary N) is 2. The van der Waals surface area contributed by atoms with E-state index in [1.54, 1.807) is 17.1 Å². The highest BCUT2D eigenvalue weighted by atomic mass is 35.5. The normalized spacial score (nSPS) is 14.8. The Labute approximate surface area is 174 Å². The van der Waals surface area contributed by atoms with Crippen molar-refractivity contribution in [1.29, 1.82) is 0 Å². The molecule has 4 rings (SSSR count). The number of aryl methyl sites for hydroxylation is 1. The van der Waals surface area contributed by atoms with Gasteiger partial charge in [0, 0.05) is 36.1 Å². The second kappa shape index (κ2) is 8.59. The summed E-state index contributed by atoms with van der Waals surface area (Å²) in [5.74, 6) is 1.41. The first-order valence-corrected chi connectivity index (χ1v) is 9.91. The number of carbonyl (C=O) groups excluding carboxylic acids is 1. The van der Waals surface area contributed by atoms with Crippen LogP contribution in [-0.2, 0) is 11.8 Å². The number of halogens is 1. The Morgan fingerprint density at radius 2 is 1.86 bits per heavy atom. The summed E-state index contributed by atoms with van der Waals surface area (Å²) in [5, 5.41) is 8.14. The molecule has 0 unspecified atom stereocenters. The summed E-state index contributed by atoms with van der Waals surface area (Å²) in [6.45, 7) is 3.82. The first kappa shape index (κ1) is 19.4. The van der Waals surface area contributed by atoms with E-state index in [9.17, 15) is 4.79 Å². The summed E-state index contributed by atoms with van der Waals surface area (Å²) in [5.41, 5.74) is 1.75. The molecule has 0 aliphatic carbocycles. The van der Waals surface area contributed by atoms with Gasteiger partial charge >= 0.3 is 0 Å². The van der Waals surface area contributed by atoms with Crippen LogP contribution in [0.5, 0.6) is 0 Å². The summed E-state index contributed by atoms with van der Waals surface area (Å²) < 4.78 is 1.68. The number of rotatable bonds is 5. The molecule has 3 aromatic rings. The van der Waals surface area contributed by atoms with Gasteiger partial charge in [-0.3, -0.25) is 9.48 Å². The average Bonchev–Trinajstić information content (AvgIpc) is 3.10. The zero-order valence-electron chi connectivity index (χ0n) is 16.2. The van der Waals surface area contributed by atoms with Gasteiger partial charge < -0.3 is 15.1 Å². The Balaban J connectivity index is 1.32. The summed E-state index contributed by atoms with van der Waals surface area (Å²) in [7, 11) is 1.82. The second-order valence-electron chi connectivity index (χ2n) is 7.06. The van der Waals surface area contributed by atoms with Gasteiger partial charge in [-0.05, 0) is 18.2 Å². The van der Waals surface area contributed by atoms with Crippen LogP contribution in [0.25, 0.3) is 11.3 Å². The molecule has 8 nitrogen and oxygen atoms in total. The van der Waals surface area contributed by atoms with Crippen LogP contribution in [0.15, 0.2) is 48.8 Å². The van der Waals surface area contributed by atoms with Gasteiger partial charge in [0.25, 0.3) is 5.91 Å². The lowest BCUT2D eigenvalue weighted by molar-refractivity contribution is -0.892. The fourth-order valence-corrected chi connectivity index (χ4v) is 3.54. The van der Waals surface area contributed by atoms with Gasteiger partial charge in [0.15, 0.2) is 6.54 Å². The minimum atomic E-state index is -0.0185. The van der Waals surface area contributed by atoms with Gasteiger partial charge in [-0.2, -0.15) is 5.10 Å². The average molecular weight is 413 g/mol. The van der Waals surface area contributed by atoms with Crippen molar-refractivity contribution < 1.29 is 9.69 Å². The van der Waals surface area contributed by atoms with Gasteiger partial charge in [0.05, 0.1) is 31.9 Å². The molecule has 0 saturated carbocycles. The van der Waals surface area contributed by atoms with Crippen molar-refractivity contribution in [3.8, 4) is 11.3 Å². The maximum atomic E-state index is 12.5. The Kier molecular flexibility index (Phi) is 5.73. The number of aromatic nitrogens is 4. The highest BCUT2D eigenvalue weighted by Crippen LogP contribution is 2.22. The lowest BCUT2D eigenvalue weighted by Gasteiger charge is -2.31. The van der Waals surface area contributed by atoms with Crippen molar-refractivity contribution in [2.75, 3.05) is 42.9 Å². The Morgan fingerprint density at radius 1 is 1.17 bits per heavy atom. The molecule has 0 radical (unpaired) electrons. The number of piperazine rings is 1. The van der Waals surface area contributed by atoms with Crippen LogP contribution >= 0.6 is 11.6 Å². The van der Waals surface area contributed by atoms with E-state index >= 15 is 0 Å². The largest absolute Gasteiger partial charge is 0.330 e. The van der Waals surface area contributed by atoms with Crippen LogP contribution < -0.4 is 15.1 Å². The van der Waals surface area contributed by atoms with Gasteiger partial charge in [-0.25, -0.2) is 9.97 Å². The molecule has 0 spiro atoms. The smallest absolute Gasteiger partial charge is 0.280 e. The molecule has 3 heterocycles. The summed E-state index contributed by atoms with van der Waals surface area (Å²) in [6, 6.07) is 11.2. The second-order valence-corrected chi connectivity index (χ2v) is 7.49. The van der Waals surface area contributed by atoms with E-state index in [2.05, 4.69) is 25.3 Å². The summed E-state index contributed by atoms with van der Waals surface area (Å²) >= 11 is 5.95. The third-order valence-corrected chi connectivity index (χ3v) is 5.26. The van der Waals surface area contributed by atoms with Gasteiger partial charge in [0.2, 0.25) is 5.95 Å². The van der Waals surface area contributed by atoms with Crippen molar-refractivity contribution in [3.05, 3.63) is 53.8 Å². The molecule has 1 aromatic carbocycles. The SMILES string of the molecule is Cn1nc(-c2ccc(Cl)cc2)cc1NC(=O)C[NH+]1CCN(c2ncccn2)CC1. The highest BCUT2D eigenvalue weighted by molar-refractivity contribution is 6.30. The minimum absolute atomic E-state index is 0.0185. The van der Waals surface area contributed by atoms with Crippen LogP contribution in [0, 0.1) is 0 Å². The molecule has 1 saturated heterocycles. The van der Waals surface area contributed by atoms with E-state index in [0.717, 1.165) is 43.4 Å². The first-order chi connectivity index (χ1) is 14.1. The van der Waals surface area contributed by atoms with E-state index in [4.69, 9.17) is 11.6 Å². The number of anilines is 2. The van der Waals surface area contributed by atoms with E-state index in [1.807, 2.05) is 43.4 Å². The summed E-state index contributed by atoms with van der Waals surface area (Å²) in [4.78, 5) is 24.5. The molecule has 29 heavy (non-hydrogen) atoms. The molecular formula is C20H23ClN7O+. The van der Waals surface area contributed by atoms with Crippen molar-refractivity contribution >= 4 is 29.3 Å². The van der Waals surface area contributed by atoms with Crippen LogP contribution in [-0.4, -0.2) is 58.4 Å². The van der Waals surface area contributed by atoms with E-state index in [1.165, 1.54) is 4.90 Å². The number of quaternary nitrogens is 1. The maximum Gasteiger partial charge on any atom is 0.280 e. The standard InChI is InChI=1S/C20H22ClN7O/c1-26-18(13-17(25-26)15-3-5-16(21)6-4-15)24-19(29)14-27-9-11-28(12-10-27)20-22-7-2-8-23-20/h2-8,13H,9-12,14H2,1H3,(H,24,29)/p+1. The fourth-order valence-electron chi connectivity index (χ4n) is 3.41. The topological polar surface area (TPSA) is 80.4 Å². The number of benzene rings is 1.